The molecule has 2 heterocycles. The highest BCUT2D eigenvalue weighted by Gasteiger charge is 2.23. The molecule has 0 unspecified atom stereocenters. The van der Waals surface area contributed by atoms with E-state index < -0.39 is 4.92 Å². The van der Waals surface area contributed by atoms with Crippen LogP contribution in [0.1, 0.15) is 5.56 Å². The molecule has 0 aliphatic heterocycles. The molecule has 0 radical (unpaired) electrons. The van der Waals surface area contributed by atoms with Gasteiger partial charge in [0.1, 0.15) is 11.9 Å². The maximum atomic E-state index is 11.2. The lowest BCUT2D eigenvalue weighted by Gasteiger charge is -2.05. The number of rotatable bonds is 5. The molecule has 0 saturated heterocycles. The fourth-order valence-corrected chi connectivity index (χ4v) is 2.74. The highest BCUT2D eigenvalue weighted by atomic mass is 32.1. The Balaban J connectivity index is 1.86. The van der Waals surface area contributed by atoms with Crippen LogP contribution in [0, 0.1) is 10.1 Å². The lowest BCUT2D eigenvalue weighted by atomic mass is 10.2. The SMILES string of the molecule is COc1cccc(CNc2nc3sccn3c2[N+](=O)[O-])c1. The number of thiazole rings is 1. The van der Waals surface area contributed by atoms with Gasteiger partial charge >= 0.3 is 5.82 Å². The number of ether oxygens (including phenoxy) is 1. The second-order valence-corrected chi connectivity index (χ2v) is 5.17. The van der Waals surface area contributed by atoms with Crippen molar-refractivity contribution in [1.82, 2.24) is 9.38 Å². The average molecular weight is 304 g/mol. The molecule has 7 nitrogen and oxygen atoms in total. The van der Waals surface area contributed by atoms with Gasteiger partial charge in [0.25, 0.3) is 4.96 Å². The number of imidazole rings is 1. The highest BCUT2D eigenvalue weighted by molar-refractivity contribution is 7.15. The second-order valence-electron chi connectivity index (χ2n) is 4.30. The van der Waals surface area contributed by atoms with Crippen LogP contribution in [0.2, 0.25) is 0 Å². The maximum Gasteiger partial charge on any atom is 0.372 e. The molecule has 0 atom stereocenters. The van der Waals surface area contributed by atoms with Crippen LogP contribution in [-0.2, 0) is 6.54 Å². The van der Waals surface area contributed by atoms with E-state index in [1.165, 1.54) is 15.7 Å². The van der Waals surface area contributed by atoms with Gasteiger partial charge < -0.3 is 20.2 Å². The molecule has 0 aliphatic carbocycles. The Morgan fingerprint density at radius 2 is 2.38 bits per heavy atom. The molecule has 3 rings (SSSR count). The third kappa shape index (κ3) is 2.52. The molecule has 1 aromatic carbocycles. The monoisotopic (exact) mass is 304 g/mol. The molecule has 3 aromatic rings. The van der Waals surface area contributed by atoms with E-state index in [9.17, 15) is 10.1 Å². The molecule has 0 amide bonds. The molecular formula is C13H12N4O3S. The number of nitrogens with zero attached hydrogens (tertiary/aromatic N) is 3. The number of nitrogens with one attached hydrogen (secondary N) is 1. The van der Waals surface area contributed by atoms with E-state index in [2.05, 4.69) is 10.3 Å². The smallest absolute Gasteiger partial charge is 0.372 e. The Hall–Kier alpha value is -2.61. The number of nitro groups is 1. The van der Waals surface area contributed by atoms with Crippen LogP contribution in [0.4, 0.5) is 11.6 Å². The van der Waals surface area contributed by atoms with Crippen molar-refractivity contribution in [1.29, 1.82) is 0 Å². The number of anilines is 1. The summed E-state index contributed by atoms with van der Waals surface area (Å²) in [5.41, 5.74) is 0.958. The lowest BCUT2D eigenvalue weighted by Crippen LogP contribution is -2.03. The standard InChI is InChI=1S/C13H12N4O3S/c1-20-10-4-2-3-9(7-10)8-14-11-12(17(18)19)16-5-6-21-13(16)15-11/h2-7,14H,8H2,1H3. The van der Waals surface area contributed by atoms with Crippen LogP contribution >= 0.6 is 11.3 Å². The number of hydrogen-bond donors (Lipinski definition) is 1. The molecule has 21 heavy (non-hydrogen) atoms. The Labute approximate surface area is 124 Å². The first-order valence-corrected chi connectivity index (χ1v) is 7.04. The van der Waals surface area contributed by atoms with Crippen molar-refractivity contribution in [3.05, 3.63) is 51.5 Å². The van der Waals surface area contributed by atoms with Gasteiger partial charge in [-0.2, -0.15) is 9.38 Å². The summed E-state index contributed by atoms with van der Waals surface area (Å²) in [4.78, 5) is 15.6. The fraction of sp³-hybridized carbons (Fsp3) is 0.154. The first-order valence-electron chi connectivity index (χ1n) is 6.16. The molecule has 0 aliphatic rings. The Bertz CT molecular complexity index is 796. The summed E-state index contributed by atoms with van der Waals surface area (Å²) < 4.78 is 6.62. The van der Waals surface area contributed by atoms with Gasteiger partial charge in [-0.3, -0.25) is 0 Å². The van der Waals surface area contributed by atoms with E-state index in [0.717, 1.165) is 11.3 Å². The zero-order valence-electron chi connectivity index (χ0n) is 11.1. The summed E-state index contributed by atoms with van der Waals surface area (Å²) in [6.07, 6.45) is 1.64. The van der Waals surface area contributed by atoms with Gasteiger partial charge in [0, 0.05) is 11.9 Å². The largest absolute Gasteiger partial charge is 0.497 e. The van der Waals surface area contributed by atoms with Crippen molar-refractivity contribution in [2.24, 2.45) is 0 Å². The van der Waals surface area contributed by atoms with Crippen LogP contribution in [0.25, 0.3) is 4.96 Å². The first-order chi connectivity index (χ1) is 10.2. The predicted molar refractivity (Wildman–Crippen MR) is 80.0 cm³/mol. The van der Waals surface area contributed by atoms with Crippen LogP contribution < -0.4 is 10.1 Å². The third-order valence-corrected chi connectivity index (χ3v) is 3.76. The highest BCUT2D eigenvalue weighted by Crippen LogP contribution is 2.28. The van der Waals surface area contributed by atoms with E-state index in [4.69, 9.17) is 4.74 Å². The van der Waals surface area contributed by atoms with Crippen molar-refractivity contribution >= 4 is 27.9 Å². The quantitative estimate of drug-likeness (QED) is 0.579. The van der Waals surface area contributed by atoms with E-state index in [1.807, 2.05) is 24.3 Å². The number of fused-ring (bicyclic) bond motifs is 1. The van der Waals surface area contributed by atoms with Crippen LogP contribution in [-0.4, -0.2) is 21.4 Å². The van der Waals surface area contributed by atoms with E-state index in [-0.39, 0.29) is 11.6 Å². The predicted octanol–water partition coefficient (Wildman–Crippen LogP) is 2.92. The molecular weight excluding hydrogens is 292 g/mol. The molecule has 0 saturated carbocycles. The summed E-state index contributed by atoms with van der Waals surface area (Å²) in [5, 5.41) is 16.0. The molecule has 108 valence electrons. The zero-order valence-corrected chi connectivity index (χ0v) is 12.0. The van der Waals surface area contributed by atoms with Crippen LogP contribution in [0.15, 0.2) is 35.8 Å². The molecule has 0 fully saturated rings. The minimum Gasteiger partial charge on any atom is -0.497 e. The third-order valence-electron chi connectivity index (χ3n) is 3.00. The summed E-state index contributed by atoms with van der Waals surface area (Å²) >= 11 is 1.35. The number of methoxy groups -OCH3 is 1. The van der Waals surface area contributed by atoms with Crippen LogP contribution in [0.5, 0.6) is 5.75 Å². The maximum absolute atomic E-state index is 11.2. The Morgan fingerprint density at radius 1 is 1.52 bits per heavy atom. The second kappa shape index (κ2) is 5.41. The summed E-state index contributed by atoms with van der Waals surface area (Å²) in [6, 6.07) is 7.51. The van der Waals surface area contributed by atoms with Crippen molar-refractivity contribution in [2.75, 3.05) is 12.4 Å². The van der Waals surface area contributed by atoms with E-state index in [1.54, 1.807) is 18.7 Å². The van der Waals surface area contributed by atoms with Gasteiger partial charge in [-0.05, 0) is 22.6 Å². The minimum absolute atomic E-state index is 0.0471. The first kappa shape index (κ1) is 13.4. The van der Waals surface area contributed by atoms with E-state index >= 15 is 0 Å². The van der Waals surface area contributed by atoms with Gasteiger partial charge in [0.05, 0.1) is 7.11 Å². The Kier molecular flexibility index (Phi) is 3.44. The van der Waals surface area contributed by atoms with Gasteiger partial charge in [0.2, 0.25) is 5.82 Å². The van der Waals surface area contributed by atoms with Crippen LogP contribution in [0.3, 0.4) is 0 Å². The van der Waals surface area contributed by atoms with Crippen molar-refractivity contribution in [3.8, 4) is 5.75 Å². The molecule has 0 spiro atoms. The van der Waals surface area contributed by atoms with Gasteiger partial charge in [0.15, 0.2) is 0 Å². The topological polar surface area (TPSA) is 81.7 Å². The van der Waals surface area contributed by atoms with Gasteiger partial charge in [-0.1, -0.05) is 23.5 Å². The number of aromatic nitrogens is 2. The van der Waals surface area contributed by atoms with E-state index in [0.29, 0.717) is 11.5 Å². The summed E-state index contributed by atoms with van der Waals surface area (Å²) in [6.45, 7) is 0.433. The van der Waals surface area contributed by atoms with Crippen molar-refractivity contribution in [2.45, 2.75) is 6.54 Å². The Morgan fingerprint density at radius 3 is 3.14 bits per heavy atom. The molecule has 1 N–H and O–H groups in total. The zero-order chi connectivity index (χ0) is 14.8. The minimum atomic E-state index is -0.430. The lowest BCUT2D eigenvalue weighted by molar-refractivity contribution is -0.389. The summed E-state index contributed by atoms with van der Waals surface area (Å²) in [7, 11) is 1.60. The molecule has 8 heteroatoms. The number of benzene rings is 1. The fourth-order valence-electron chi connectivity index (χ4n) is 2.04. The van der Waals surface area contributed by atoms with Crippen molar-refractivity contribution in [3.63, 3.8) is 0 Å². The average Bonchev–Trinajstić information content (AvgIpc) is 3.05. The molecule has 2 aromatic heterocycles. The normalized spacial score (nSPS) is 10.7. The van der Waals surface area contributed by atoms with Gasteiger partial charge in [-0.25, -0.2) is 0 Å². The van der Waals surface area contributed by atoms with Gasteiger partial charge in [-0.15, -0.1) is 0 Å². The summed E-state index contributed by atoms with van der Waals surface area (Å²) in [5.74, 6) is 0.971. The number of hydrogen-bond acceptors (Lipinski definition) is 6. The molecule has 0 bridgehead atoms. The van der Waals surface area contributed by atoms with Crippen molar-refractivity contribution < 1.29 is 9.66 Å².